The summed E-state index contributed by atoms with van der Waals surface area (Å²) in [6, 6.07) is 8.19. The lowest BCUT2D eigenvalue weighted by atomic mass is 10.2. The van der Waals surface area contributed by atoms with Crippen LogP contribution in [0.2, 0.25) is 0 Å². The van der Waals surface area contributed by atoms with Gasteiger partial charge >= 0.3 is 6.03 Å². The van der Waals surface area contributed by atoms with Crippen LogP contribution in [-0.4, -0.2) is 51.6 Å². The van der Waals surface area contributed by atoms with Crippen molar-refractivity contribution in [2.24, 2.45) is 0 Å². The normalized spacial score (nSPS) is 17.0. The number of hydrogen-bond acceptors (Lipinski definition) is 7. The molecule has 0 spiro atoms. The number of carbonyl (C=O) groups excluding carboxylic acids is 1. The van der Waals surface area contributed by atoms with E-state index in [1.807, 2.05) is 23.4 Å². The van der Waals surface area contributed by atoms with Crippen LogP contribution in [-0.2, 0) is 6.54 Å². The second-order valence-corrected chi connectivity index (χ2v) is 9.08. The molecule has 2 aliphatic rings. The summed E-state index contributed by atoms with van der Waals surface area (Å²) in [5, 5.41) is 6.83. The molecule has 0 aliphatic carbocycles. The number of fused-ring (bicyclic) bond motifs is 1. The highest BCUT2D eigenvalue weighted by molar-refractivity contribution is 7.97. The average Bonchev–Trinajstić information content (AvgIpc) is 3.43. The van der Waals surface area contributed by atoms with Crippen molar-refractivity contribution in [3.05, 3.63) is 52.4 Å². The minimum Gasteiger partial charge on any atom is -0.361 e. The molecule has 0 saturated carbocycles. The van der Waals surface area contributed by atoms with Gasteiger partial charge in [-0.05, 0) is 48.2 Å². The summed E-state index contributed by atoms with van der Waals surface area (Å²) in [7, 11) is 0. The number of nitrogens with one attached hydrogen (secondary N) is 1. The van der Waals surface area contributed by atoms with E-state index >= 15 is 0 Å². The van der Waals surface area contributed by atoms with E-state index in [-0.39, 0.29) is 6.03 Å². The van der Waals surface area contributed by atoms with Gasteiger partial charge < -0.3 is 14.7 Å². The fraction of sp³-hybridized carbons (Fsp3) is 0.316. The number of aryl methyl sites for hydroxylation is 1. The molecule has 0 bridgehead atoms. The minimum absolute atomic E-state index is 0.0510. The molecule has 28 heavy (non-hydrogen) atoms. The van der Waals surface area contributed by atoms with Gasteiger partial charge in [-0.25, -0.2) is 14.1 Å². The predicted molar refractivity (Wildman–Crippen MR) is 109 cm³/mol. The van der Waals surface area contributed by atoms with E-state index < -0.39 is 0 Å². The molecule has 1 N–H and O–H groups in total. The zero-order chi connectivity index (χ0) is 19.1. The Labute approximate surface area is 170 Å². The molecule has 2 amide bonds. The predicted octanol–water partition coefficient (Wildman–Crippen LogP) is 3.44. The molecule has 0 unspecified atom stereocenters. The maximum absolute atomic E-state index is 12.4. The number of aromatic nitrogens is 2. The largest absolute Gasteiger partial charge is 0.361 e. The molecule has 4 heterocycles. The Kier molecular flexibility index (Phi) is 4.58. The van der Waals surface area contributed by atoms with Gasteiger partial charge in [0.15, 0.2) is 0 Å². The van der Waals surface area contributed by atoms with Crippen molar-refractivity contribution in [2.45, 2.75) is 18.4 Å². The minimum atomic E-state index is -0.0510. The molecule has 5 rings (SSSR count). The summed E-state index contributed by atoms with van der Waals surface area (Å²) in [6.45, 7) is 5.42. The first-order valence-electron chi connectivity index (χ1n) is 9.05. The van der Waals surface area contributed by atoms with Crippen LogP contribution in [0.25, 0.3) is 10.2 Å². The highest BCUT2D eigenvalue weighted by Crippen LogP contribution is 2.34. The fourth-order valence-electron chi connectivity index (χ4n) is 3.57. The van der Waals surface area contributed by atoms with Crippen LogP contribution in [0.3, 0.4) is 0 Å². The maximum atomic E-state index is 12.4. The second kappa shape index (κ2) is 7.23. The van der Waals surface area contributed by atoms with Crippen molar-refractivity contribution in [3.8, 4) is 0 Å². The van der Waals surface area contributed by atoms with Crippen molar-refractivity contribution >= 4 is 39.5 Å². The third-order valence-corrected chi connectivity index (χ3v) is 6.69. The Bertz CT molecular complexity index is 1060. The lowest BCUT2D eigenvalue weighted by Gasteiger charge is -2.22. The van der Waals surface area contributed by atoms with Gasteiger partial charge in [0.25, 0.3) is 0 Å². The Morgan fingerprint density at radius 1 is 1.25 bits per heavy atom. The molecule has 1 aromatic carbocycles. The number of nitrogens with zero attached hydrogens (tertiary/aromatic N) is 4. The third kappa shape index (κ3) is 3.52. The molecule has 2 aliphatic heterocycles. The lowest BCUT2D eigenvalue weighted by Crippen LogP contribution is -2.40. The number of carbonyl (C=O) groups is 1. The fourth-order valence-corrected chi connectivity index (χ4v) is 5.40. The molecule has 0 saturated heterocycles. The SMILES string of the molecule is Cc1cc(CNC(=O)N2CC3=C(CN(Sc4ccc5ncsc5c4)C3)C2)no1. The molecule has 7 nitrogen and oxygen atoms in total. The van der Waals surface area contributed by atoms with Gasteiger partial charge in [-0.3, -0.25) is 0 Å². The first-order chi connectivity index (χ1) is 13.6. The van der Waals surface area contributed by atoms with Gasteiger partial charge in [0, 0.05) is 37.1 Å². The number of thiazole rings is 1. The molecule has 144 valence electrons. The smallest absolute Gasteiger partial charge is 0.318 e. The maximum Gasteiger partial charge on any atom is 0.318 e. The lowest BCUT2D eigenvalue weighted by molar-refractivity contribution is 0.207. The van der Waals surface area contributed by atoms with Gasteiger partial charge in [0.1, 0.15) is 11.5 Å². The number of benzene rings is 1. The molecule has 3 aromatic rings. The second-order valence-electron chi connectivity index (χ2n) is 7.02. The first kappa shape index (κ1) is 17.7. The zero-order valence-electron chi connectivity index (χ0n) is 15.3. The van der Waals surface area contributed by atoms with Crippen LogP contribution < -0.4 is 5.32 Å². The highest BCUT2D eigenvalue weighted by Gasteiger charge is 2.32. The van der Waals surface area contributed by atoms with E-state index in [0.717, 1.165) is 30.1 Å². The Hall–Kier alpha value is -2.36. The Morgan fingerprint density at radius 2 is 2.07 bits per heavy atom. The van der Waals surface area contributed by atoms with Crippen LogP contribution in [0.5, 0.6) is 0 Å². The van der Waals surface area contributed by atoms with Crippen LogP contribution in [0, 0.1) is 6.92 Å². The van der Waals surface area contributed by atoms with Crippen LogP contribution in [0.15, 0.2) is 50.3 Å². The van der Waals surface area contributed by atoms with E-state index in [4.69, 9.17) is 4.52 Å². The van der Waals surface area contributed by atoms with Crippen LogP contribution in [0.4, 0.5) is 4.79 Å². The molecule has 0 radical (unpaired) electrons. The third-order valence-electron chi connectivity index (χ3n) is 4.92. The highest BCUT2D eigenvalue weighted by atomic mass is 32.2. The zero-order valence-corrected chi connectivity index (χ0v) is 17.0. The van der Waals surface area contributed by atoms with Crippen molar-refractivity contribution in [1.82, 2.24) is 24.7 Å². The average molecular weight is 414 g/mol. The molecular formula is C19H19N5O2S2. The van der Waals surface area contributed by atoms with Gasteiger partial charge in [0.2, 0.25) is 0 Å². The number of urea groups is 1. The molecule has 9 heteroatoms. The summed E-state index contributed by atoms with van der Waals surface area (Å²) in [5.74, 6) is 0.748. The topological polar surface area (TPSA) is 74.5 Å². The summed E-state index contributed by atoms with van der Waals surface area (Å²) < 4.78 is 8.61. The Morgan fingerprint density at radius 3 is 2.82 bits per heavy atom. The van der Waals surface area contributed by atoms with E-state index in [1.54, 1.807) is 23.3 Å². The van der Waals surface area contributed by atoms with Gasteiger partial charge in [-0.1, -0.05) is 5.16 Å². The summed E-state index contributed by atoms with van der Waals surface area (Å²) in [6.07, 6.45) is 0. The standard InChI is InChI=1S/C19H19N5O2S2/c1-12-4-15(22-26-12)6-20-19(25)23-7-13-9-24(10-14(13)8-23)28-16-2-3-17-18(5-16)27-11-21-17/h2-5,11H,6-10H2,1H3,(H,20,25). The van der Waals surface area contributed by atoms with E-state index in [2.05, 4.69) is 38.0 Å². The van der Waals surface area contributed by atoms with Crippen LogP contribution in [0.1, 0.15) is 11.5 Å². The first-order valence-corrected chi connectivity index (χ1v) is 10.7. The molecule has 2 aromatic heterocycles. The van der Waals surface area contributed by atoms with Gasteiger partial charge in [-0.2, -0.15) is 0 Å². The van der Waals surface area contributed by atoms with Crippen molar-refractivity contribution in [1.29, 1.82) is 0 Å². The van der Waals surface area contributed by atoms with E-state index in [1.165, 1.54) is 20.7 Å². The molecule has 0 atom stereocenters. The van der Waals surface area contributed by atoms with Gasteiger partial charge in [-0.15, -0.1) is 11.3 Å². The summed E-state index contributed by atoms with van der Waals surface area (Å²) >= 11 is 3.45. The molecule has 0 fully saturated rings. The van der Waals surface area contributed by atoms with Crippen molar-refractivity contribution in [3.63, 3.8) is 0 Å². The summed E-state index contributed by atoms with van der Waals surface area (Å²) in [5.41, 5.74) is 6.40. The Balaban J connectivity index is 1.13. The number of amides is 2. The van der Waals surface area contributed by atoms with Crippen LogP contribution >= 0.6 is 23.3 Å². The quantitative estimate of drug-likeness (QED) is 0.522. The van der Waals surface area contributed by atoms with Crippen molar-refractivity contribution < 1.29 is 9.32 Å². The van der Waals surface area contributed by atoms with Crippen molar-refractivity contribution in [2.75, 3.05) is 26.2 Å². The summed E-state index contributed by atoms with van der Waals surface area (Å²) in [4.78, 5) is 19.9. The number of hydrogen-bond donors (Lipinski definition) is 1. The number of rotatable bonds is 4. The van der Waals surface area contributed by atoms with E-state index in [0.29, 0.717) is 19.6 Å². The molecular weight excluding hydrogens is 394 g/mol. The van der Waals surface area contributed by atoms with E-state index in [9.17, 15) is 4.79 Å². The van der Waals surface area contributed by atoms with Gasteiger partial charge in [0.05, 0.1) is 22.3 Å². The monoisotopic (exact) mass is 413 g/mol.